The molecule has 0 fully saturated rings. The molecule has 0 atom stereocenters. The maximum absolute atomic E-state index is 12.6. The van der Waals surface area contributed by atoms with Gasteiger partial charge in [0.25, 0.3) is 0 Å². The lowest BCUT2D eigenvalue weighted by Crippen LogP contribution is -2.08. The van der Waals surface area contributed by atoms with E-state index in [9.17, 15) is 9.59 Å². The van der Waals surface area contributed by atoms with E-state index in [0.717, 1.165) is 5.56 Å². The van der Waals surface area contributed by atoms with Crippen LogP contribution in [0.4, 0.5) is 0 Å². The van der Waals surface area contributed by atoms with E-state index in [1.807, 2.05) is 18.2 Å². The molecule has 0 spiro atoms. The lowest BCUT2D eigenvalue weighted by atomic mass is 10.0. The van der Waals surface area contributed by atoms with Gasteiger partial charge in [-0.25, -0.2) is 4.79 Å². The summed E-state index contributed by atoms with van der Waals surface area (Å²) in [6, 6.07) is 21.0. The Morgan fingerprint density at radius 1 is 0.871 bits per heavy atom. The number of carbonyl (C=O) groups is 2. The summed E-state index contributed by atoms with van der Waals surface area (Å²) >= 11 is 5.88. The summed E-state index contributed by atoms with van der Waals surface area (Å²) in [4.78, 5) is 24.7. The maximum Gasteiger partial charge on any atom is 0.341 e. The van der Waals surface area contributed by atoms with E-state index in [1.54, 1.807) is 54.6 Å². The standard InChI is InChI=1S/C25H21ClO5/c1-29-16-23(25(28)30-2)22-6-4-3-5-19(22)15-31-21-13-9-18(10-14-21)24(27)17-7-11-20(26)12-8-17/h3-14,16H,15H2,1-2H3/b23-16+. The van der Waals surface area contributed by atoms with E-state index >= 15 is 0 Å². The molecule has 0 aliphatic heterocycles. The first kappa shape index (κ1) is 22.1. The van der Waals surface area contributed by atoms with Crippen LogP contribution in [-0.2, 0) is 20.9 Å². The first-order valence-electron chi connectivity index (χ1n) is 9.46. The lowest BCUT2D eigenvalue weighted by Gasteiger charge is -2.13. The number of ether oxygens (including phenoxy) is 3. The zero-order chi connectivity index (χ0) is 22.2. The summed E-state index contributed by atoms with van der Waals surface area (Å²) in [6.45, 7) is 0.221. The number of ketones is 1. The second-order valence-electron chi connectivity index (χ2n) is 6.57. The fourth-order valence-electron chi connectivity index (χ4n) is 2.99. The maximum atomic E-state index is 12.6. The van der Waals surface area contributed by atoms with Crippen LogP contribution < -0.4 is 4.74 Å². The Morgan fingerprint density at radius 2 is 1.48 bits per heavy atom. The Hall–Kier alpha value is -3.57. The first-order valence-corrected chi connectivity index (χ1v) is 9.84. The van der Waals surface area contributed by atoms with Crippen molar-refractivity contribution in [3.05, 3.63) is 106 Å². The van der Waals surface area contributed by atoms with Crippen LogP contribution in [0.2, 0.25) is 5.02 Å². The SMILES string of the molecule is CO/C=C(/C(=O)OC)c1ccccc1COc1ccc(C(=O)c2ccc(Cl)cc2)cc1. The van der Waals surface area contributed by atoms with Crippen molar-refractivity contribution in [3.63, 3.8) is 0 Å². The minimum atomic E-state index is -0.501. The molecule has 0 aliphatic rings. The molecule has 0 saturated carbocycles. The summed E-state index contributed by atoms with van der Waals surface area (Å²) in [7, 11) is 2.78. The van der Waals surface area contributed by atoms with E-state index in [0.29, 0.717) is 33.0 Å². The molecule has 0 saturated heterocycles. The Labute approximate surface area is 185 Å². The number of benzene rings is 3. The van der Waals surface area contributed by atoms with Gasteiger partial charge in [-0.3, -0.25) is 4.79 Å². The smallest absolute Gasteiger partial charge is 0.341 e. The van der Waals surface area contributed by atoms with Crippen molar-refractivity contribution in [3.8, 4) is 5.75 Å². The highest BCUT2D eigenvalue weighted by atomic mass is 35.5. The van der Waals surface area contributed by atoms with E-state index in [2.05, 4.69) is 0 Å². The predicted octanol–water partition coefficient (Wildman–Crippen LogP) is 5.31. The average Bonchev–Trinajstić information content (AvgIpc) is 2.81. The molecule has 0 unspecified atom stereocenters. The molecule has 3 aromatic carbocycles. The Kier molecular flexibility index (Phi) is 7.46. The molecule has 3 aromatic rings. The molecular formula is C25H21ClO5. The third kappa shape index (κ3) is 5.53. The minimum Gasteiger partial charge on any atom is -0.503 e. The highest BCUT2D eigenvalue weighted by Gasteiger charge is 2.17. The molecule has 3 rings (SSSR count). The van der Waals surface area contributed by atoms with Crippen molar-refractivity contribution in [2.24, 2.45) is 0 Å². The molecule has 158 valence electrons. The fourth-order valence-corrected chi connectivity index (χ4v) is 3.12. The van der Waals surface area contributed by atoms with E-state index in [1.165, 1.54) is 20.5 Å². The quantitative estimate of drug-likeness (QED) is 0.207. The second-order valence-corrected chi connectivity index (χ2v) is 7.00. The lowest BCUT2D eigenvalue weighted by molar-refractivity contribution is -0.133. The normalized spacial score (nSPS) is 11.0. The van der Waals surface area contributed by atoms with Crippen LogP contribution in [0.25, 0.3) is 5.57 Å². The van der Waals surface area contributed by atoms with Crippen molar-refractivity contribution >= 4 is 28.9 Å². The van der Waals surface area contributed by atoms with Gasteiger partial charge in [0.2, 0.25) is 0 Å². The summed E-state index contributed by atoms with van der Waals surface area (Å²) in [6.07, 6.45) is 1.35. The van der Waals surface area contributed by atoms with Gasteiger partial charge in [-0.1, -0.05) is 35.9 Å². The van der Waals surface area contributed by atoms with Crippen LogP contribution in [-0.4, -0.2) is 26.0 Å². The van der Waals surface area contributed by atoms with Gasteiger partial charge in [-0.05, 0) is 59.7 Å². The van der Waals surface area contributed by atoms with E-state index < -0.39 is 5.97 Å². The molecule has 0 amide bonds. The number of carbonyl (C=O) groups excluding carboxylic acids is 2. The van der Waals surface area contributed by atoms with Gasteiger partial charge in [0, 0.05) is 16.1 Å². The topological polar surface area (TPSA) is 61.8 Å². The van der Waals surface area contributed by atoms with Crippen LogP contribution in [0.3, 0.4) is 0 Å². The van der Waals surface area contributed by atoms with Crippen LogP contribution in [0.15, 0.2) is 79.1 Å². The summed E-state index contributed by atoms with van der Waals surface area (Å²) in [5.41, 5.74) is 2.86. The monoisotopic (exact) mass is 436 g/mol. The predicted molar refractivity (Wildman–Crippen MR) is 119 cm³/mol. The molecule has 5 nitrogen and oxygen atoms in total. The molecule has 0 radical (unpaired) electrons. The molecule has 6 heteroatoms. The molecule has 0 heterocycles. The summed E-state index contributed by atoms with van der Waals surface area (Å²) in [5, 5.41) is 0.580. The Balaban J connectivity index is 1.74. The first-order chi connectivity index (χ1) is 15.0. The number of halogens is 1. The highest BCUT2D eigenvalue weighted by molar-refractivity contribution is 6.30. The van der Waals surface area contributed by atoms with Crippen LogP contribution in [0, 0.1) is 0 Å². The van der Waals surface area contributed by atoms with Gasteiger partial charge in [0.15, 0.2) is 5.78 Å². The van der Waals surface area contributed by atoms with Crippen LogP contribution >= 0.6 is 11.6 Å². The number of methoxy groups -OCH3 is 2. The molecule has 0 aromatic heterocycles. The van der Waals surface area contributed by atoms with Crippen molar-refractivity contribution in [1.29, 1.82) is 0 Å². The summed E-state index contributed by atoms with van der Waals surface area (Å²) in [5.74, 6) is -0.00171. The van der Waals surface area contributed by atoms with E-state index in [4.69, 9.17) is 25.8 Å². The fraction of sp³-hybridized carbons (Fsp3) is 0.120. The van der Waals surface area contributed by atoms with Crippen molar-refractivity contribution in [1.82, 2.24) is 0 Å². The zero-order valence-electron chi connectivity index (χ0n) is 17.1. The summed E-state index contributed by atoms with van der Waals surface area (Å²) < 4.78 is 15.8. The zero-order valence-corrected chi connectivity index (χ0v) is 17.9. The Morgan fingerprint density at radius 3 is 2.10 bits per heavy atom. The molecule has 31 heavy (non-hydrogen) atoms. The van der Waals surface area contributed by atoms with Crippen molar-refractivity contribution in [2.45, 2.75) is 6.61 Å². The number of hydrogen-bond donors (Lipinski definition) is 0. The van der Waals surface area contributed by atoms with Gasteiger partial charge < -0.3 is 14.2 Å². The van der Waals surface area contributed by atoms with Crippen LogP contribution in [0.1, 0.15) is 27.0 Å². The van der Waals surface area contributed by atoms with Gasteiger partial charge in [0.1, 0.15) is 17.9 Å². The highest BCUT2D eigenvalue weighted by Crippen LogP contribution is 2.23. The molecule has 0 aliphatic carbocycles. The number of hydrogen-bond acceptors (Lipinski definition) is 5. The van der Waals surface area contributed by atoms with Crippen molar-refractivity contribution in [2.75, 3.05) is 14.2 Å². The third-order valence-corrected chi connectivity index (χ3v) is 4.82. The number of rotatable bonds is 8. The van der Waals surface area contributed by atoms with Gasteiger partial charge in [0.05, 0.1) is 20.5 Å². The van der Waals surface area contributed by atoms with E-state index in [-0.39, 0.29) is 12.4 Å². The third-order valence-electron chi connectivity index (χ3n) is 4.57. The molecular weight excluding hydrogens is 416 g/mol. The van der Waals surface area contributed by atoms with Gasteiger partial charge in [-0.15, -0.1) is 0 Å². The number of esters is 1. The largest absolute Gasteiger partial charge is 0.503 e. The minimum absolute atomic E-state index is 0.0963. The molecule has 0 N–H and O–H groups in total. The second kappa shape index (κ2) is 10.5. The average molecular weight is 437 g/mol. The van der Waals surface area contributed by atoms with Gasteiger partial charge in [-0.2, -0.15) is 0 Å². The van der Waals surface area contributed by atoms with Gasteiger partial charge >= 0.3 is 5.97 Å². The Bertz CT molecular complexity index is 1090. The van der Waals surface area contributed by atoms with Crippen LogP contribution in [0.5, 0.6) is 5.75 Å². The van der Waals surface area contributed by atoms with Crippen molar-refractivity contribution < 1.29 is 23.8 Å². The molecule has 0 bridgehead atoms.